The van der Waals surface area contributed by atoms with Gasteiger partial charge in [-0.3, -0.25) is 4.79 Å². The summed E-state index contributed by atoms with van der Waals surface area (Å²) in [6.45, 7) is 1.80. The summed E-state index contributed by atoms with van der Waals surface area (Å²) >= 11 is 1.48. The third-order valence-electron chi connectivity index (χ3n) is 2.79. The Hall–Kier alpha value is -0.900. The van der Waals surface area contributed by atoms with E-state index in [0.717, 1.165) is 25.9 Å². The summed E-state index contributed by atoms with van der Waals surface area (Å²) in [6, 6.07) is 0. The fourth-order valence-electron chi connectivity index (χ4n) is 1.93. The van der Waals surface area contributed by atoms with Crippen molar-refractivity contribution in [3.05, 3.63) is 16.6 Å². The summed E-state index contributed by atoms with van der Waals surface area (Å²) in [6.07, 6.45) is 6.09. The number of carbonyl (C=O) groups is 1. The van der Waals surface area contributed by atoms with E-state index in [0.29, 0.717) is 5.69 Å². The fourth-order valence-corrected chi connectivity index (χ4v) is 2.46. The molecule has 1 fully saturated rings. The maximum atomic E-state index is 12.0. The summed E-state index contributed by atoms with van der Waals surface area (Å²) in [5, 5.41) is 1.83. The summed E-state index contributed by atoms with van der Waals surface area (Å²) < 4.78 is 0. The molecule has 15 heavy (non-hydrogen) atoms. The van der Waals surface area contributed by atoms with Crippen molar-refractivity contribution in [2.45, 2.75) is 32.1 Å². The van der Waals surface area contributed by atoms with Crippen molar-refractivity contribution < 1.29 is 4.79 Å². The van der Waals surface area contributed by atoms with Crippen LogP contribution in [0.1, 0.15) is 42.6 Å². The Labute approximate surface area is 94.1 Å². The van der Waals surface area contributed by atoms with Gasteiger partial charge in [-0.2, -0.15) is 0 Å². The minimum absolute atomic E-state index is 0.109. The summed E-state index contributed by atoms with van der Waals surface area (Å²) in [7, 11) is 0. The van der Waals surface area contributed by atoms with Crippen LogP contribution in [0.2, 0.25) is 0 Å². The smallest absolute Gasteiger partial charge is 0.273 e. The van der Waals surface area contributed by atoms with E-state index < -0.39 is 0 Å². The van der Waals surface area contributed by atoms with Gasteiger partial charge in [-0.15, -0.1) is 11.3 Å². The van der Waals surface area contributed by atoms with Crippen LogP contribution in [-0.2, 0) is 0 Å². The van der Waals surface area contributed by atoms with Crippen LogP contribution in [0.5, 0.6) is 0 Å². The first kappa shape index (κ1) is 10.6. The first-order valence-corrected chi connectivity index (χ1v) is 6.49. The van der Waals surface area contributed by atoms with Crippen LogP contribution in [0.15, 0.2) is 10.9 Å². The zero-order valence-electron chi connectivity index (χ0n) is 8.82. The zero-order chi connectivity index (χ0) is 10.5. The van der Waals surface area contributed by atoms with Crippen LogP contribution in [0.3, 0.4) is 0 Å². The molecule has 4 heteroatoms. The molecular weight excluding hydrogens is 208 g/mol. The molecule has 0 bridgehead atoms. The number of carbonyl (C=O) groups excluding carboxylic acids is 1. The van der Waals surface area contributed by atoms with Gasteiger partial charge in [0.25, 0.3) is 5.91 Å². The normalized spacial score (nSPS) is 18.3. The Morgan fingerprint density at radius 3 is 2.47 bits per heavy atom. The van der Waals surface area contributed by atoms with Crippen molar-refractivity contribution in [3.63, 3.8) is 0 Å². The van der Waals surface area contributed by atoms with Gasteiger partial charge in [0.2, 0.25) is 0 Å². The number of amides is 1. The van der Waals surface area contributed by atoms with Gasteiger partial charge < -0.3 is 4.90 Å². The third-order valence-corrected chi connectivity index (χ3v) is 3.38. The van der Waals surface area contributed by atoms with Gasteiger partial charge in [-0.05, 0) is 12.8 Å². The number of likely N-dealkylation sites (tertiary alicyclic amines) is 1. The first-order chi connectivity index (χ1) is 7.38. The van der Waals surface area contributed by atoms with Gasteiger partial charge in [-0.25, -0.2) is 4.98 Å². The van der Waals surface area contributed by atoms with E-state index >= 15 is 0 Å². The van der Waals surface area contributed by atoms with Crippen LogP contribution in [0, 0.1) is 0 Å². The number of hydrogen-bond donors (Lipinski definition) is 0. The lowest BCUT2D eigenvalue weighted by Crippen LogP contribution is -2.33. The molecule has 0 unspecified atom stereocenters. The summed E-state index contributed by atoms with van der Waals surface area (Å²) in [4.78, 5) is 18.0. The second kappa shape index (κ2) is 5.26. The Balaban J connectivity index is 1.98. The monoisotopic (exact) mass is 224 g/mol. The number of rotatable bonds is 1. The maximum absolute atomic E-state index is 12.0. The van der Waals surface area contributed by atoms with E-state index in [4.69, 9.17) is 0 Å². The van der Waals surface area contributed by atoms with Crippen LogP contribution >= 0.6 is 11.3 Å². The second-order valence-electron chi connectivity index (χ2n) is 3.93. The highest BCUT2D eigenvalue weighted by Crippen LogP contribution is 2.13. The Morgan fingerprint density at radius 2 is 1.87 bits per heavy atom. The van der Waals surface area contributed by atoms with Gasteiger partial charge in [0.05, 0.1) is 5.51 Å². The minimum Gasteiger partial charge on any atom is -0.337 e. The highest BCUT2D eigenvalue weighted by atomic mass is 32.1. The standard InChI is InChI=1S/C11H16N2OS/c14-11(10-8-15-9-12-10)13-6-4-2-1-3-5-7-13/h8-9H,1-7H2. The zero-order valence-corrected chi connectivity index (χ0v) is 9.63. The minimum atomic E-state index is 0.109. The lowest BCUT2D eigenvalue weighted by Gasteiger charge is -2.23. The van der Waals surface area contributed by atoms with Crippen molar-refractivity contribution in [1.82, 2.24) is 9.88 Å². The van der Waals surface area contributed by atoms with E-state index in [1.165, 1.54) is 30.6 Å². The molecule has 0 N–H and O–H groups in total. The van der Waals surface area contributed by atoms with Crippen molar-refractivity contribution in [2.24, 2.45) is 0 Å². The molecule has 82 valence electrons. The SMILES string of the molecule is O=C(c1cscn1)N1CCCCCCC1. The highest BCUT2D eigenvalue weighted by Gasteiger charge is 2.17. The van der Waals surface area contributed by atoms with Crippen LogP contribution in [-0.4, -0.2) is 28.9 Å². The Bertz CT molecular complexity index is 302. The molecule has 1 aromatic heterocycles. The van der Waals surface area contributed by atoms with Gasteiger partial charge in [0.1, 0.15) is 5.69 Å². The molecule has 0 aromatic carbocycles. The van der Waals surface area contributed by atoms with Crippen LogP contribution in [0.4, 0.5) is 0 Å². The highest BCUT2D eigenvalue weighted by molar-refractivity contribution is 7.07. The quantitative estimate of drug-likeness (QED) is 0.734. The Morgan fingerprint density at radius 1 is 1.20 bits per heavy atom. The molecule has 2 heterocycles. The van der Waals surface area contributed by atoms with Gasteiger partial charge in [0, 0.05) is 18.5 Å². The molecule has 2 rings (SSSR count). The number of hydrogen-bond acceptors (Lipinski definition) is 3. The van der Waals surface area contributed by atoms with E-state index in [1.54, 1.807) is 5.51 Å². The largest absolute Gasteiger partial charge is 0.337 e. The number of aromatic nitrogens is 1. The van der Waals surface area contributed by atoms with Crippen LogP contribution in [0.25, 0.3) is 0 Å². The molecule has 1 saturated heterocycles. The number of nitrogens with zero attached hydrogens (tertiary/aromatic N) is 2. The molecule has 3 nitrogen and oxygen atoms in total. The molecule has 1 amide bonds. The molecule has 0 atom stereocenters. The molecule has 1 aliphatic rings. The predicted octanol–water partition coefficient (Wildman–Crippen LogP) is 2.55. The van der Waals surface area contributed by atoms with E-state index in [1.807, 2.05) is 10.3 Å². The lowest BCUT2D eigenvalue weighted by molar-refractivity contribution is 0.0737. The molecule has 0 aliphatic carbocycles. The van der Waals surface area contributed by atoms with E-state index in [-0.39, 0.29) is 5.91 Å². The molecule has 0 spiro atoms. The lowest BCUT2D eigenvalue weighted by atomic mass is 10.1. The van der Waals surface area contributed by atoms with Gasteiger partial charge in [-0.1, -0.05) is 19.3 Å². The second-order valence-corrected chi connectivity index (χ2v) is 4.65. The molecule has 1 aliphatic heterocycles. The molecule has 1 aromatic rings. The van der Waals surface area contributed by atoms with Crippen molar-refractivity contribution in [2.75, 3.05) is 13.1 Å². The number of thiazole rings is 1. The van der Waals surface area contributed by atoms with E-state index in [9.17, 15) is 4.79 Å². The predicted molar refractivity (Wildman–Crippen MR) is 61.1 cm³/mol. The topological polar surface area (TPSA) is 33.2 Å². The average Bonchev–Trinajstić information content (AvgIpc) is 2.68. The van der Waals surface area contributed by atoms with Crippen LogP contribution < -0.4 is 0 Å². The fraction of sp³-hybridized carbons (Fsp3) is 0.636. The Kier molecular flexibility index (Phi) is 3.72. The molecule has 0 radical (unpaired) electrons. The van der Waals surface area contributed by atoms with E-state index in [2.05, 4.69) is 4.98 Å². The average molecular weight is 224 g/mol. The summed E-state index contributed by atoms with van der Waals surface area (Å²) in [5.74, 6) is 0.109. The van der Waals surface area contributed by atoms with Gasteiger partial charge in [0.15, 0.2) is 0 Å². The first-order valence-electron chi connectivity index (χ1n) is 5.55. The summed E-state index contributed by atoms with van der Waals surface area (Å²) in [5.41, 5.74) is 2.33. The molecule has 0 saturated carbocycles. The molecular formula is C11H16N2OS. The van der Waals surface area contributed by atoms with Crippen molar-refractivity contribution >= 4 is 17.2 Å². The van der Waals surface area contributed by atoms with Crippen molar-refractivity contribution in [1.29, 1.82) is 0 Å². The third kappa shape index (κ3) is 2.78. The van der Waals surface area contributed by atoms with Crippen molar-refractivity contribution in [3.8, 4) is 0 Å². The maximum Gasteiger partial charge on any atom is 0.273 e. The van der Waals surface area contributed by atoms with Gasteiger partial charge >= 0.3 is 0 Å².